The molecule has 0 saturated heterocycles. The van der Waals surface area contributed by atoms with Crippen molar-refractivity contribution in [2.75, 3.05) is 12.4 Å². The lowest BCUT2D eigenvalue weighted by Crippen LogP contribution is -3.00. The van der Waals surface area contributed by atoms with Gasteiger partial charge in [0.25, 0.3) is 0 Å². The largest absolute Gasteiger partial charge is 1.00 e. The molecule has 1 rings (SSSR count). The highest BCUT2D eigenvalue weighted by atomic mass is 35.5. The standard InChI is InChI=1S/C13H19Cl2N.ClH/c1-13(2,16-9-3-8-14)10-11-4-6-12(15)7-5-11;/h4-7,16H,3,8-10H2,1-2H3;1H. The van der Waals surface area contributed by atoms with Gasteiger partial charge in [0, 0.05) is 23.7 Å². The quantitative estimate of drug-likeness (QED) is 0.556. The highest BCUT2D eigenvalue weighted by Crippen LogP contribution is 2.13. The maximum Gasteiger partial charge on any atom is 0.0945 e. The van der Waals surface area contributed by atoms with E-state index in [-0.39, 0.29) is 17.9 Å². The van der Waals surface area contributed by atoms with Gasteiger partial charge >= 0.3 is 0 Å². The molecular weight excluding hydrogens is 277 g/mol. The van der Waals surface area contributed by atoms with Crippen LogP contribution in [0, 0.1) is 0 Å². The molecule has 0 spiro atoms. The molecule has 1 nitrogen and oxygen atoms in total. The predicted octanol–water partition coefficient (Wildman–Crippen LogP) is -0.143. The molecule has 0 bridgehead atoms. The van der Waals surface area contributed by atoms with Crippen molar-refractivity contribution in [3.05, 3.63) is 34.9 Å². The fraction of sp³-hybridized carbons (Fsp3) is 0.538. The van der Waals surface area contributed by atoms with Gasteiger partial charge in [-0.1, -0.05) is 23.7 Å². The van der Waals surface area contributed by atoms with E-state index < -0.39 is 0 Å². The van der Waals surface area contributed by atoms with Gasteiger partial charge in [-0.3, -0.25) is 0 Å². The van der Waals surface area contributed by atoms with Crippen LogP contribution in [-0.2, 0) is 6.42 Å². The number of hydrogen-bond donors (Lipinski definition) is 1. The van der Waals surface area contributed by atoms with E-state index in [1.807, 2.05) is 12.1 Å². The number of rotatable bonds is 6. The molecule has 17 heavy (non-hydrogen) atoms. The molecule has 0 amide bonds. The number of hydrogen-bond acceptors (Lipinski definition) is 0. The first kappa shape index (κ1) is 17.1. The third kappa shape index (κ3) is 7.15. The van der Waals surface area contributed by atoms with Crippen LogP contribution in [0.15, 0.2) is 24.3 Å². The molecule has 0 radical (unpaired) electrons. The van der Waals surface area contributed by atoms with Crippen molar-refractivity contribution >= 4 is 23.2 Å². The molecule has 0 heterocycles. The van der Waals surface area contributed by atoms with Crippen LogP contribution in [0.3, 0.4) is 0 Å². The molecule has 2 N–H and O–H groups in total. The first-order valence-electron chi connectivity index (χ1n) is 5.68. The summed E-state index contributed by atoms with van der Waals surface area (Å²) in [7, 11) is 0. The molecule has 98 valence electrons. The average molecular weight is 297 g/mol. The SMILES string of the molecule is CC(C)(Cc1ccc(Cl)cc1)[NH2+]CCCCl.[Cl-]. The van der Waals surface area contributed by atoms with Crippen molar-refractivity contribution in [3.63, 3.8) is 0 Å². The first-order valence-corrected chi connectivity index (χ1v) is 6.59. The fourth-order valence-corrected chi connectivity index (χ4v) is 2.05. The Morgan fingerprint density at radius 3 is 2.29 bits per heavy atom. The molecule has 0 aliphatic heterocycles. The zero-order valence-electron chi connectivity index (χ0n) is 10.3. The Bertz CT molecular complexity index is 309. The number of quaternary nitrogens is 1. The molecule has 0 atom stereocenters. The minimum Gasteiger partial charge on any atom is -1.00 e. The highest BCUT2D eigenvalue weighted by Gasteiger charge is 2.21. The van der Waals surface area contributed by atoms with Crippen LogP contribution in [0.4, 0.5) is 0 Å². The maximum atomic E-state index is 5.86. The fourth-order valence-electron chi connectivity index (χ4n) is 1.77. The zero-order valence-corrected chi connectivity index (χ0v) is 12.6. The second-order valence-electron chi connectivity index (χ2n) is 4.83. The predicted molar refractivity (Wildman–Crippen MR) is 71.4 cm³/mol. The summed E-state index contributed by atoms with van der Waals surface area (Å²) in [5, 5.41) is 3.16. The van der Waals surface area contributed by atoms with Crippen LogP contribution >= 0.6 is 23.2 Å². The summed E-state index contributed by atoms with van der Waals surface area (Å²) in [5.74, 6) is 0.744. The van der Waals surface area contributed by atoms with Crippen LogP contribution < -0.4 is 17.7 Å². The van der Waals surface area contributed by atoms with Gasteiger partial charge in [0.05, 0.1) is 12.1 Å². The number of alkyl halides is 1. The van der Waals surface area contributed by atoms with Crippen molar-refractivity contribution < 1.29 is 17.7 Å². The van der Waals surface area contributed by atoms with Gasteiger partial charge in [0.15, 0.2) is 0 Å². The van der Waals surface area contributed by atoms with E-state index in [0.717, 1.165) is 30.3 Å². The summed E-state index contributed by atoms with van der Waals surface area (Å²) < 4.78 is 0. The summed E-state index contributed by atoms with van der Waals surface area (Å²) in [5.41, 5.74) is 1.55. The van der Waals surface area contributed by atoms with E-state index in [1.54, 1.807) is 0 Å². The molecule has 0 fully saturated rings. The molecular formula is C13H20Cl3N. The van der Waals surface area contributed by atoms with Gasteiger partial charge in [-0.2, -0.15) is 0 Å². The first-order chi connectivity index (χ1) is 7.53. The lowest BCUT2D eigenvalue weighted by Gasteiger charge is -2.23. The van der Waals surface area contributed by atoms with Crippen molar-refractivity contribution in [1.82, 2.24) is 0 Å². The lowest BCUT2D eigenvalue weighted by atomic mass is 9.95. The maximum absolute atomic E-state index is 5.86. The van der Waals surface area contributed by atoms with E-state index >= 15 is 0 Å². The molecule has 0 aromatic heterocycles. The Morgan fingerprint density at radius 1 is 1.18 bits per heavy atom. The van der Waals surface area contributed by atoms with Gasteiger partial charge in [-0.15, -0.1) is 11.6 Å². The number of benzene rings is 1. The average Bonchev–Trinajstić information content (AvgIpc) is 2.21. The lowest BCUT2D eigenvalue weighted by molar-refractivity contribution is -0.720. The molecule has 1 aromatic rings. The van der Waals surface area contributed by atoms with Gasteiger partial charge in [-0.25, -0.2) is 0 Å². The van der Waals surface area contributed by atoms with E-state index in [1.165, 1.54) is 5.56 Å². The Balaban J connectivity index is 0.00000256. The third-order valence-corrected chi connectivity index (χ3v) is 3.13. The van der Waals surface area contributed by atoms with Gasteiger partial charge in [-0.05, 0) is 31.5 Å². The Labute approximate surface area is 120 Å². The van der Waals surface area contributed by atoms with Gasteiger partial charge in [0.1, 0.15) is 0 Å². The zero-order chi connectivity index (χ0) is 12.0. The monoisotopic (exact) mass is 295 g/mol. The summed E-state index contributed by atoms with van der Waals surface area (Å²) >= 11 is 11.5. The molecule has 4 heteroatoms. The Kier molecular flexibility index (Phi) is 8.23. The van der Waals surface area contributed by atoms with Gasteiger partial charge in [0.2, 0.25) is 0 Å². The van der Waals surface area contributed by atoms with E-state index in [4.69, 9.17) is 23.2 Å². The van der Waals surface area contributed by atoms with Crippen LogP contribution in [-0.4, -0.2) is 18.0 Å². The van der Waals surface area contributed by atoms with Crippen LogP contribution in [0.2, 0.25) is 5.02 Å². The second kappa shape index (κ2) is 8.20. The molecule has 0 aliphatic rings. The molecule has 0 unspecified atom stereocenters. The molecule has 0 aliphatic carbocycles. The second-order valence-corrected chi connectivity index (χ2v) is 5.64. The van der Waals surface area contributed by atoms with Crippen LogP contribution in [0.5, 0.6) is 0 Å². The van der Waals surface area contributed by atoms with Crippen molar-refractivity contribution in [3.8, 4) is 0 Å². The minimum atomic E-state index is 0. The van der Waals surface area contributed by atoms with Crippen molar-refractivity contribution in [2.24, 2.45) is 0 Å². The van der Waals surface area contributed by atoms with Crippen molar-refractivity contribution in [1.29, 1.82) is 0 Å². The van der Waals surface area contributed by atoms with Crippen LogP contribution in [0.1, 0.15) is 25.8 Å². The third-order valence-electron chi connectivity index (χ3n) is 2.61. The van der Waals surface area contributed by atoms with Crippen molar-refractivity contribution in [2.45, 2.75) is 32.2 Å². The van der Waals surface area contributed by atoms with E-state index in [0.29, 0.717) is 0 Å². The number of nitrogens with two attached hydrogens (primary N) is 1. The Morgan fingerprint density at radius 2 is 1.76 bits per heavy atom. The summed E-state index contributed by atoms with van der Waals surface area (Å²) in [6.07, 6.45) is 2.11. The Hall–Kier alpha value is 0.0500. The topological polar surface area (TPSA) is 16.6 Å². The van der Waals surface area contributed by atoms with Crippen LogP contribution in [0.25, 0.3) is 0 Å². The summed E-state index contributed by atoms with van der Waals surface area (Å²) in [4.78, 5) is 0. The summed E-state index contributed by atoms with van der Waals surface area (Å²) in [6.45, 7) is 5.61. The molecule has 1 aromatic carbocycles. The summed E-state index contributed by atoms with van der Waals surface area (Å²) in [6, 6.07) is 8.09. The highest BCUT2D eigenvalue weighted by molar-refractivity contribution is 6.30. The van der Waals surface area contributed by atoms with E-state index in [2.05, 4.69) is 31.3 Å². The minimum absolute atomic E-state index is 0. The van der Waals surface area contributed by atoms with E-state index in [9.17, 15) is 0 Å². The number of halogens is 3. The molecule has 0 saturated carbocycles. The smallest absolute Gasteiger partial charge is 0.0945 e. The van der Waals surface area contributed by atoms with Gasteiger partial charge < -0.3 is 17.7 Å². The normalized spacial score (nSPS) is 11.1.